The monoisotopic (exact) mass is 326 g/mol. The molecule has 1 unspecified atom stereocenters. The number of aliphatic hydroxyl groups excluding tert-OH is 1. The summed E-state index contributed by atoms with van der Waals surface area (Å²) in [5.74, 6) is 0.815. The summed E-state index contributed by atoms with van der Waals surface area (Å²) in [7, 11) is 1.59. The van der Waals surface area contributed by atoms with Crippen LogP contribution in [0.5, 0.6) is 5.75 Å². The van der Waals surface area contributed by atoms with Gasteiger partial charge in [0.1, 0.15) is 5.75 Å². The molecule has 1 aliphatic carbocycles. The Kier molecular flexibility index (Phi) is 4.53. The third kappa shape index (κ3) is 3.26. The standard InChI is InChI=1S/C19H22N2O3/c1-19(12-22,14-7-8-14)21-18(23)13-6-9-17(24-2)15(11-13)16-5-3-4-10-20-16/h3-6,9-11,14,22H,7-8,12H2,1-2H3,(H,21,23). The summed E-state index contributed by atoms with van der Waals surface area (Å²) in [4.78, 5) is 17.0. The molecule has 2 aromatic rings. The van der Waals surface area contributed by atoms with Crippen molar-refractivity contribution in [1.29, 1.82) is 0 Å². The van der Waals surface area contributed by atoms with Crippen LogP contribution in [0.2, 0.25) is 0 Å². The third-order valence-corrected chi connectivity index (χ3v) is 4.61. The summed E-state index contributed by atoms with van der Waals surface area (Å²) in [5.41, 5.74) is 1.47. The summed E-state index contributed by atoms with van der Waals surface area (Å²) in [6.07, 6.45) is 3.79. The molecule has 0 radical (unpaired) electrons. The molecule has 0 spiro atoms. The number of aliphatic hydroxyl groups is 1. The average Bonchev–Trinajstić information content (AvgIpc) is 3.47. The largest absolute Gasteiger partial charge is 0.496 e. The molecule has 1 aromatic heterocycles. The predicted molar refractivity (Wildman–Crippen MR) is 91.9 cm³/mol. The van der Waals surface area contributed by atoms with Gasteiger partial charge in [-0.05, 0) is 56.0 Å². The fraction of sp³-hybridized carbons (Fsp3) is 0.368. The molecule has 1 heterocycles. The molecule has 1 fully saturated rings. The summed E-state index contributed by atoms with van der Waals surface area (Å²) in [6.45, 7) is 1.83. The molecule has 5 nitrogen and oxygen atoms in total. The highest BCUT2D eigenvalue weighted by Gasteiger charge is 2.42. The number of pyridine rings is 1. The highest BCUT2D eigenvalue weighted by molar-refractivity contribution is 5.96. The summed E-state index contributed by atoms with van der Waals surface area (Å²) in [6, 6.07) is 10.9. The fourth-order valence-electron chi connectivity index (χ4n) is 2.89. The summed E-state index contributed by atoms with van der Waals surface area (Å²) >= 11 is 0. The van der Waals surface area contributed by atoms with Crippen LogP contribution in [0.25, 0.3) is 11.3 Å². The smallest absolute Gasteiger partial charge is 0.251 e. The number of carbonyl (C=O) groups excluding carboxylic acids is 1. The van der Waals surface area contributed by atoms with E-state index in [2.05, 4.69) is 10.3 Å². The van der Waals surface area contributed by atoms with Crippen molar-refractivity contribution in [1.82, 2.24) is 10.3 Å². The SMILES string of the molecule is COc1ccc(C(=O)NC(C)(CO)C2CC2)cc1-c1ccccn1. The van der Waals surface area contributed by atoms with E-state index >= 15 is 0 Å². The minimum atomic E-state index is -0.567. The first-order chi connectivity index (χ1) is 11.6. The van der Waals surface area contributed by atoms with Crippen LogP contribution in [-0.4, -0.2) is 35.3 Å². The molecule has 1 atom stereocenters. The lowest BCUT2D eigenvalue weighted by Gasteiger charge is -2.29. The summed E-state index contributed by atoms with van der Waals surface area (Å²) < 4.78 is 5.39. The first kappa shape index (κ1) is 16.5. The van der Waals surface area contributed by atoms with Gasteiger partial charge in [-0.15, -0.1) is 0 Å². The fourth-order valence-corrected chi connectivity index (χ4v) is 2.89. The van der Waals surface area contributed by atoms with E-state index < -0.39 is 5.54 Å². The minimum Gasteiger partial charge on any atom is -0.496 e. The van der Waals surface area contributed by atoms with E-state index in [0.717, 1.165) is 24.1 Å². The normalized spacial score (nSPS) is 16.3. The van der Waals surface area contributed by atoms with Gasteiger partial charge in [0.25, 0.3) is 5.91 Å². The number of hydrogen-bond donors (Lipinski definition) is 2. The van der Waals surface area contributed by atoms with Crippen molar-refractivity contribution in [3.05, 3.63) is 48.2 Å². The molecule has 1 aromatic carbocycles. The van der Waals surface area contributed by atoms with Crippen LogP contribution >= 0.6 is 0 Å². The quantitative estimate of drug-likeness (QED) is 0.856. The number of methoxy groups -OCH3 is 1. The van der Waals surface area contributed by atoms with Gasteiger partial charge < -0.3 is 15.2 Å². The average molecular weight is 326 g/mol. The maximum absolute atomic E-state index is 12.7. The number of nitrogens with one attached hydrogen (secondary N) is 1. The molecule has 0 saturated heterocycles. The second kappa shape index (κ2) is 6.61. The van der Waals surface area contributed by atoms with Gasteiger partial charge in [-0.2, -0.15) is 0 Å². The van der Waals surface area contributed by atoms with Crippen LogP contribution in [0.1, 0.15) is 30.1 Å². The Morgan fingerprint density at radius 3 is 2.75 bits per heavy atom. The molecule has 126 valence electrons. The van der Waals surface area contributed by atoms with Gasteiger partial charge in [0, 0.05) is 17.3 Å². The van der Waals surface area contributed by atoms with Gasteiger partial charge in [0.15, 0.2) is 0 Å². The van der Waals surface area contributed by atoms with Crippen molar-refractivity contribution in [3.63, 3.8) is 0 Å². The Morgan fingerprint density at radius 1 is 1.38 bits per heavy atom. The zero-order chi connectivity index (χ0) is 17.2. The highest BCUT2D eigenvalue weighted by atomic mass is 16.5. The molecule has 0 bridgehead atoms. The maximum atomic E-state index is 12.7. The second-order valence-corrected chi connectivity index (χ2v) is 6.43. The molecule has 3 rings (SSSR count). The van der Waals surface area contributed by atoms with E-state index in [4.69, 9.17) is 4.74 Å². The van der Waals surface area contributed by atoms with Crippen LogP contribution in [0.4, 0.5) is 0 Å². The molecule has 2 N–H and O–H groups in total. The topological polar surface area (TPSA) is 71.5 Å². The van der Waals surface area contributed by atoms with E-state index in [-0.39, 0.29) is 12.5 Å². The number of amides is 1. The van der Waals surface area contributed by atoms with Crippen LogP contribution < -0.4 is 10.1 Å². The highest BCUT2D eigenvalue weighted by Crippen LogP contribution is 2.39. The lowest BCUT2D eigenvalue weighted by molar-refractivity contribution is 0.0824. The van der Waals surface area contributed by atoms with Gasteiger partial charge >= 0.3 is 0 Å². The number of nitrogens with zero attached hydrogens (tertiary/aromatic N) is 1. The zero-order valence-corrected chi connectivity index (χ0v) is 14.0. The molecule has 0 aliphatic heterocycles. The Balaban J connectivity index is 1.90. The van der Waals surface area contributed by atoms with Crippen LogP contribution in [0, 0.1) is 5.92 Å². The Bertz CT molecular complexity index is 729. The molecule has 1 saturated carbocycles. The minimum absolute atomic E-state index is 0.0628. The number of rotatable bonds is 6. The van der Waals surface area contributed by atoms with Crippen molar-refractivity contribution in [2.45, 2.75) is 25.3 Å². The Morgan fingerprint density at radius 2 is 2.17 bits per heavy atom. The number of aromatic nitrogens is 1. The molecule has 1 amide bonds. The van der Waals surface area contributed by atoms with Gasteiger partial charge in [-0.1, -0.05) is 6.07 Å². The van der Waals surface area contributed by atoms with Gasteiger partial charge in [0.2, 0.25) is 0 Å². The summed E-state index contributed by atoms with van der Waals surface area (Å²) in [5, 5.41) is 12.6. The molecule has 1 aliphatic rings. The predicted octanol–water partition coefficient (Wildman–Crippen LogP) is 2.65. The van der Waals surface area contributed by atoms with Crippen LogP contribution in [0.3, 0.4) is 0 Å². The van der Waals surface area contributed by atoms with Crippen molar-refractivity contribution in [2.24, 2.45) is 5.92 Å². The Hall–Kier alpha value is -2.40. The zero-order valence-electron chi connectivity index (χ0n) is 14.0. The first-order valence-corrected chi connectivity index (χ1v) is 8.10. The number of ether oxygens (including phenoxy) is 1. The van der Waals surface area contributed by atoms with Gasteiger partial charge in [0.05, 0.1) is 24.9 Å². The Labute approximate surface area is 141 Å². The van der Waals surface area contributed by atoms with Crippen molar-refractivity contribution in [3.8, 4) is 17.0 Å². The molecule has 5 heteroatoms. The number of carbonyl (C=O) groups is 1. The van der Waals surface area contributed by atoms with Crippen molar-refractivity contribution >= 4 is 5.91 Å². The first-order valence-electron chi connectivity index (χ1n) is 8.10. The van der Waals surface area contributed by atoms with E-state index in [1.165, 1.54) is 0 Å². The van der Waals surface area contributed by atoms with E-state index in [1.807, 2.05) is 25.1 Å². The van der Waals surface area contributed by atoms with Crippen LogP contribution in [0.15, 0.2) is 42.6 Å². The second-order valence-electron chi connectivity index (χ2n) is 6.43. The van der Waals surface area contributed by atoms with E-state index in [1.54, 1.807) is 31.5 Å². The van der Waals surface area contributed by atoms with E-state index in [9.17, 15) is 9.90 Å². The molecular formula is C19H22N2O3. The van der Waals surface area contributed by atoms with Crippen LogP contribution in [-0.2, 0) is 0 Å². The maximum Gasteiger partial charge on any atom is 0.251 e. The number of hydrogen-bond acceptors (Lipinski definition) is 4. The van der Waals surface area contributed by atoms with Crippen molar-refractivity contribution < 1.29 is 14.6 Å². The lowest BCUT2D eigenvalue weighted by atomic mass is 9.96. The van der Waals surface area contributed by atoms with E-state index in [0.29, 0.717) is 17.2 Å². The van der Waals surface area contributed by atoms with Crippen molar-refractivity contribution in [2.75, 3.05) is 13.7 Å². The number of benzene rings is 1. The molecule has 24 heavy (non-hydrogen) atoms. The molecular weight excluding hydrogens is 304 g/mol. The lowest BCUT2D eigenvalue weighted by Crippen LogP contribution is -2.50. The van der Waals surface area contributed by atoms with Gasteiger partial charge in [-0.25, -0.2) is 0 Å². The third-order valence-electron chi connectivity index (χ3n) is 4.61. The van der Waals surface area contributed by atoms with Gasteiger partial charge in [-0.3, -0.25) is 9.78 Å².